The third kappa shape index (κ3) is 7.33. The van der Waals surface area contributed by atoms with Crippen molar-refractivity contribution >= 4 is 5.91 Å². The predicted octanol–water partition coefficient (Wildman–Crippen LogP) is 0.428. The summed E-state index contributed by atoms with van der Waals surface area (Å²) in [5.41, 5.74) is 5.49. The Morgan fingerprint density at radius 3 is 2.33 bits per heavy atom. The molecular formula is C11H25N3O. The Bertz CT molecular complexity index is 181. The number of nitrogens with zero attached hydrogens (tertiary/aromatic N) is 1. The first-order chi connectivity index (χ1) is 6.97. The second-order valence-electron chi connectivity index (χ2n) is 4.55. The molecule has 0 aromatic heterocycles. The Hall–Kier alpha value is -0.610. The highest BCUT2D eigenvalue weighted by atomic mass is 16.2. The summed E-state index contributed by atoms with van der Waals surface area (Å²) in [6, 6.07) is 0.360. The molecule has 3 N–H and O–H groups in total. The Kier molecular flexibility index (Phi) is 7.34. The van der Waals surface area contributed by atoms with Crippen molar-refractivity contribution in [3.63, 3.8) is 0 Å². The van der Waals surface area contributed by atoms with Gasteiger partial charge in [0.1, 0.15) is 0 Å². The third-order valence-corrected chi connectivity index (χ3v) is 2.20. The molecule has 0 rings (SSSR count). The molecule has 0 heterocycles. The summed E-state index contributed by atoms with van der Waals surface area (Å²) < 4.78 is 0. The molecule has 15 heavy (non-hydrogen) atoms. The number of nitrogens with one attached hydrogen (secondary N) is 1. The lowest BCUT2D eigenvalue weighted by molar-refractivity contribution is -0.122. The van der Waals surface area contributed by atoms with E-state index in [1.165, 1.54) is 0 Å². The van der Waals surface area contributed by atoms with Gasteiger partial charge in [0, 0.05) is 25.7 Å². The largest absolute Gasteiger partial charge is 0.355 e. The lowest BCUT2D eigenvalue weighted by Crippen LogP contribution is -2.43. The van der Waals surface area contributed by atoms with Crippen molar-refractivity contribution < 1.29 is 4.79 Å². The standard InChI is InChI=1S/C11H25N3O/c1-9(2)7-13-11(15)8-14(6-5-12)10(3)4/h9-10H,5-8,12H2,1-4H3,(H,13,15). The molecule has 0 saturated heterocycles. The van der Waals surface area contributed by atoms with Gasteiger partial charge in [-0.3, -0.25) is 9.69 Å². The summed E-state index contributed by atoms with van der Waals surface area (Å²) in [5.74, 6) is 0.585. The molecule has 0 atom stereocenters. The number of hydrogen-bond donors (Lipinski definition) is 2. The molecule has 0 aliphatic heterocycles. The van der Waals surface area contributed by atoms with Crippen LogP contribution in [0.1, 0.15) is 27.7 Å². The van der Waals surface area contributed by atoms with Crippen LogP contribution in [-0.4, -0.2) is 43.0 Å². The molecule has 0 aliphatic carbocycles. The Morgan fingerprint density at radius 1 is 1.33 bits per heavy atom. The van der Waals surface area contributed by atoms with Gasteiger partial charge in [0.05, 0.1) is 6.54 Å². The fourth-order valence-corrected chi connectivity index (χ4v) is 1.24. The zero-order valence-corrected chi connectivity index (χ0v) is 10.4. The molecule has 0 radical (unpaired) electrons. The maximum Gasteiger partial charge on any atom is 0.234 e. The van der Waals surface area contributed by atoms with Gasteiger partial charge in [0.25, 0.3) is 0 Å². The van der Waals surface area contributed by atoms with Gasteiger partial charge in [-0.2, -0.15) is 0 Å². The second-order valence-corrected chi connectivity index (χ2v) is 4.55. The minimum atomic E-state index is 0.0888. The van der Waals surface area contributed by atoms with Crippen LogP contribution in [0, 0.1) is 5.92 Å². The second kappa shape index (κ2) is 7.65. The van der Waals surface area contributed by atoms with E-state index in [1.54, 1.807) is 0 Å². The van der Waals surface area contributed by atoms with Crippen molar-refractivity contribution in [2.45, 2.75) is 33.7 Å². The van der Waals surface area contributed by atoms with Crippen molar-refractivity contribution in [2.75, 3.05) is 26.2 Å². The first-order valence-electron chi connectivity index (χ1n) is 5.68. The lowest BCUT2D eigenvalue weighted by atomic mass is 10.2. The van der Waals surface area contributed by atoms with Gasteiger partial charge in [-0.25, -0.2) is 0 Å². The van der Waals surface area contributed by atoms with Crippen molar-refractivity contribution in [1.29, 1.82) is 0 Å². The van der Waals surface area contributed by atoms with Crippen molar-refractivity contribution in [3.05, 3.63) is 0 Å². The highest BCUT2D eigenvalue weighted by Crippen LogP contribution is 1.96. The number of amides is 1. The summed E-state index contributed by atoms with van der Waals surface area (Å²) in [6.07, 6.45) is 0. The van der Waals surface area contributed by atoms with E-state index in [9.17, 15) is 4.79 Å². The number of carbonyl (C=O) groups excluding carboxylic acids is 1. The van der Waals surface area contributed by atoms with Crippen LogP contribution in [0.25, 0.3) is 0 Å². The molecule has 0 fully saturated rings. The monoisotopic (exact) mass is 215 g/mol. The highest BCUT2D eigenvalue weighted by Gasteiger charge is 2.12. The van der Waals surface area contributed by atoms with Gasteiger partial charge in [0.2, 0.25) is 5.91 Å². The van der Waals surface area contributed by atoms with E-state index in [0.29, 0.717) is 25.0 Å². The van der Waals surface area contributed by atoms with Crippen LogP contribution in [0.2, 0.25) is 0 Å². The number of carbonyl (C=O) groups is 1. The molecule has 4 nitrogen and oxygen atoms in total. The van der Waals surface area contributed by atoms with Crippen molar-refractivity contribution in [2.24, 2.45) is 11.7 Å². The fourth-order valence-electron chi connectivity index (χ4n) is 1.24. The molecule has 4 heteroatoms. The molecular weight excluding hydrogens is 190 g/mol. The summed E-state index contributed by atoms with van der Waals surface area (Å²) in [4.78, 5) is 13.6. The first-order valence-corrected chi connectivity index (χ1v) is 5.68. The molecule has 0 saturated carbocycles. The van der Waals surface area contributed by atoms with Gasteiger partial charge < -0.3 is 11.1 Å². The molecule has 0 aromatic rings. The minimum Gasteiger partial charge on any atom is -0.355 e. The molecule has 0 unspecified atom stereocenters. The summed E-state index contributed by atoms with van der Waals surface area (Å²) >= 11 is 0. The quantitative estimate of drug-likeness (QED) is 0.647. The number of nitrogens with two attached hydrogens (primary N) is 1. The van der Waals surface area contributed by atoms with Crippen molar-refractivity contribution in [1.82, 2.24) is 10.2 Å². The van der Waals surface area contributed by atoms with Crippen LogP contribution in [0.5, 0.6) is 0 Å². The lowest BCUT2D eigenvalue weighted by Gasteiger charge is -2.25. The van der Waals surface area contributed by atoms with Crippen LogP contribution in [0.15, 0.2) is 0 Å². The first kappa shape index (κ1) is 14.4. The van der Waals surface area contributed by atoms with Gasteiger partial charge in [-0.1, -0.05) is 13.8 Å². The zero-order chi connectivity index (χ0) is 11.8. The van der Waals surface area contributed by atoms with Crippen LogP contribution in [0.3, 0.4) is 0 Å². The van der Waals surface area contributed by atoms with E-state index < -0.39 is 0 Å². The van der Waals surface area contributed by atoms with Gasteiger partial charge >= 0.3 is 0 Å². The molecule has 0 spiro atoms. The van der Waals surface area contributed by atoms with E-state index in [4.69, 9.17) is 5.73 Å². The van der Waals surface area contributed by atoms with Gasteiger partial charge in [0.15, 0.2) is 0 Å². The maximum absolute atomic E-state index is 11.5. The van der Waals surface area contributed by atoms with E-state index in [2.05, 4.69) is 37.9 Å². The molecule has 1 amide bonds. The summed E-state index contributed by atoms with van der Waals surface area (Å²) in [5, 5.41) is 2.90. The molecule has 0 aromatic carbocycles. The van der Waals surface area contributed by atoms with Gasteiger partial charge in [-0.15, -0.1) is 0 Å². The van der Waals surface area contributed by atoms with Crippen molar-refractivity contribution in [3.8, 4) is 0 Å². The fraction of sp³-hybridized carbons (Fsp3) is 0.909. The van der Waals surface area contributed by atoms with Crippen LogP contribution >= 0.6 is 0 Å². The number of rotatable bonds is 7. The Labute approximate surface area is 93.2 Å². The normalized spacial score (nSPS) is 11.5. The summed E-state index contributed by atoms with van der Waals surface area (Å²) in [7, 11) is 0. The van der Waals surface area contributed by atoms with Gasteiger partial charge in [-0.05, 0) is 19.8 Å². The zero-order valence-electron chi connectivity index (χ0n) is 10.4. The van der Waals surface area contributed by atoms with Crippen LogP contribution in [-0.2, 0) is 4.79 Å². The molecule has 0 aliphatic rings. The average Bonchev–Trinajstić information content (AvgIpc) is 2.14. The minimum absolute atomic E-state index is 0.0888. The average molecular weight is 215 g/mol. The Morgan fingerprint density at radius 2 is 1.93 bits per heavy atom. The maximum atomic E-state index is 11.5. The highest BCUT2D eigenvalue weighted by molar-refractivity contribution is 5.78. The van der Waals surface area contributed by atoms with Crippen LogP contribution < -0.4 is 11.1 Å². The van der Waals surface area contributed by atoms with E-state index in [1.807, 2.05) is 0 Å². The van der Waals surface area contributed by atoms with Crippen LogP contribution in [0.4, 0.5) is 0 Å². The smallest absolute Gasteiger partial charge is 0.234 e. The summed E-state index contributed by atoms with van der Waals surface area (Å²) in [6.45, 7) is 10.9. The SMILES string of the molecule is CC(C)CNC(=O)CN(CCN)C(C)C. The third-order valence-electron chi connectivity index (χ3n) is 2.20. The molecule has 0 bridgehead atoms. The topological polar surface area (TPSA) is 58.4 Å². The van der Waals surface area contributed by atoms with E-state index >= 15 is 0 Å². The Balaban J connectivity index is 3.89. The van der Waals surface area contributed by atoms with E-state index in [0.717, 1.165) is 13.1 Å². The number of hydrogen-bond acceptors (Lipinski definition) is 3. The molecule has 90 valence electrons. The van der Waals surface area contributed by atoms with E-state index in [-0.39, 0.29) is 5.91 Å². The predicted molar refractivity (Wildman–Crippen MR) is 63.6 cm³/mol.